The predicted octanol–water partition coefficient (Wildman–Crippen LogP) is 4.49. The molecule has 1 N–H and O–H groups in total. The minimum Gasteiger partial charge on any atom is -0.347 e. The summed E-state index contributed by atoms with van der Waals surface area (Å²) < 4.78 is 14.7. The number of piperidine rings is 1. The molecule has 1 aliphatic rings. The summed E-state index contributed by atoms with van der Waals surface area (Å²) in [7, 11) is 0. The third kappa shape index (κ3) is 3.75. The van der Waals surface area contributed by atoms with Crippen LogP contribution in [0.4, 0.5) is 15.2 Å². The second-order valence-electron chi connectivity index (χ2n) is 6.99. The molecule has 1 saturated heterocycles. The zero-order chi connectivity index (χ0) is 19.7. The fraction of sp³-hybridized carbons (Fsp3) is 0.286. The highest BCUT2D eigenvalue weighted by atomic mass is 32.1. The van der Waals surface area contributed by atoms with E-state index in [1.807, 2.05) is 6.07 Å². The third-order valence-electron chi connectivity index (χ3n) is 4.96. The molecular formula is C21H20FN3O2S. The van der Waals surface area contributed by atoms with E-state index in [1.54, 1.807) is 30.3 Å². The van der Waals surface area contributed by atoms with Gasteiger partial charge in [0.2, 0.25) is 5.91 Å². The molecular weight excluding hydrogens is 377 g/mol. The van der Waals surface area contributed by atoms with E-state index >= 15 is 0 Å². The number of halogens is 1. The molecule has 1 amide bonds. The van der Waals surface area contributed by atoms with E-state index in [0.29, 0.717) is 23.3 Å². The Morgan fingerprint density at radius 1 is 1.25 bits per heavy atom. The number of para-hydroxylation sites is 1. The summed E-state index contributed by atoms with van der Waals surface area (Å²) in [5.41, 5.74) is 1.58. The monoisotopic (exact) mass is 397 g/mol. The van der Waals surface area contributed by atoms with Gasteiger partial charge < -0.3 is 10.2 Å². The Morgan fingerprint density at radius 3 is 2.86 bits per heavy atom. The maximum atomic E-state index is 13.9. The van der Waals surface area contributed by atoms with E-state index in [0.717, 1.165) is 29.2 Å². The minimum atomic E-state index is -0.323. The summed E-state index contributed by atoms with van der Waals surface area (Å²) in [6.45, 7) is 2.84. The molecule has 0 bridgehead atoms. The van der Waals surface area contributed by atoms with Gasteiger partial charge in [-0.1, -0.05) is 29.5 Å². The molecule has 7 heteroatoms. The number of nitrogens with one attached hydrogen (secondary N) is 1. The Balaban J connectivity index is 1.48. The molecule has 0 aliphatic carbocycles. The molecule has 2 heterocycles. The van der Waals surface area contributed by atoms with Crippen LogP contribution in [0.1, 0.15) is 30.1 Å². The molecule has 0 radical (unpaired) electrons. The average molecular weight is 397 g/mol. The number of amides is 1. The van der Waals surface area contributed by atoms with Crippen molar-refractivity contribution in [2.45, 2.75) is 19.8 Å². The molecule has 28 heavy (non-hydrogen) atoms. The molecule has 0 spiro atoms. The number of nitrogens with zero attached hydrogens (tertiary/aromatic N) is 2. The number of fused-ring (bicyclic) bond motifs is 1. The van der Waals surface area contributed by atoms with Crippen LogP contribution in [0.15, 0.2) is 42.5 Å². The molecule has 1 aliphatic heterocycles. The number of carbonyl (C=O) groups is 2. The van der Waals surface area contributed by atoms with Gasteiger partial charge in [0.1, 0.15) is 11.3 Å². The van der Waals surface area contributed by atoms with Crippen molar-refractivity contribution in [3.63, 3.8) is 0 Å². The number of hydrogen-bond acceptors (Lipinski definition) is 5. The number of aromatic nitrogens is 1. The lowest BCUT2D eigenvalue weighted by atomic mass is 9.97. The van der Waals surface area contributed by atoms with Gasteiger partial charge >= 0.3 is 0 Å². The molecule has 0 saturated carbocycles. The quantitative estimate of drug-likeness (QED) is 0.659. The van der Waals surface area contributed by atoms with Crippen molar-refractivity contribution in [2.24, 2.45) is 5.92 Å². The number of carbonyl (C=O) groups excluding carboxylic acids is 2. The molecule has 5 nitrogen and oxygen atoms in total. The van der Waals surface area contributed by atoms with Gasteiger partial charge in [-0.3, -0.25) is 9.59 Å². The van der Waals surface area contributed by atoms with E-state index in [1.165, 1.54) is 24.3 Å². The summed E-state index contributed by atoms with van der Waals surface area (Å²) in [5.74, 6) is -0.621. The Labute approximate surface area is 166 Å². The molecule has 144 valence electrons. The van der Waals surface area contributed by atoms with Gasteiger partial charge in [0, 0.05) is 24.3 Å². The van der Waals surface area contributed by atoms with Crippen LogP contribution >= 0.6 is 11.3 Å². The lowest BCUT2D eigenvalue weighted by Gasteiger charge is -2.31. The van der Waals surface area contributed by atoms with Crippen LogP contribution in [0.25, 0.3) is 10.2 Å². The number of rotatable bonds is 4. The van der Waals surface area contributed by atoms with E-state index in [-0.39, 0.29) is 23.4 Å². The smallest absolute Gasteiger partial charge is 0.229 e. The fourth-order valence-electron chi connectivity index (χ4n) is 3.46. The molecule has 1 atom stereocenters. The van der Waals surface area contributed by atoms with E-state index in [9.17, 15) is 14.0 Å². The second-order valence-corrected chi connectivity index (χ2v) is 8.00. The number of benzene rings is 2. The van der Waals surface area contributed by atoms with Crippen LogP contribution in [0.2, 0.25) is 0 Å². The maximum Gasteiger partial charge on any atom is 0.229 e. The average Bonchev–Trinajstić information content (AvgIpc) is 3.14. The maximum absolute atomic E-state index is 13.9. The lowest BCUT2D eigenvalue weighted by molar-refractivity contribution is -0.120. The SMILES string of the molecule is CC(=O)c1cccc(NC(=O)C2CCCN(c3nc4c(F)cccc4s3)C2)c1. The molecule has 1 fully saturated rings. The summed E-state index contributed by atoms with van der Waals surface area (Å²) >= 11 is 1.45. The summed E-state index contributed by atoms with van der Waals surface area (Å²) in [6.07, 6.45) is 1.65. The third-order valence-corrected chi connectivity index (χ3v) is 6.04. The highest BCUT2D eigenvalue weighted by Crippen LogP contribution is 2.32. The van der Waals surface area contributed by atoms with Crippen LogP contribution in [0.3, 0.4) is 0 Å². The number of Topliss-reactive ketones (excluding diaryl/α,β-unsaturated/α-hetero) is 1. The molecule has 2 aromatic carbocycles. The van der Waals surface area contributed by atoms with Crippen LogP contribution in [0, 0.1) is 11.7 Å². The molecule has 4 rings (SSSR count). The molecule has 1 aromatic heterocycles. The first-order valence-corrected chi connectivity index (χ1v) is 10.0. The van der Waals surface area contributed by atoms with Crippen molar-refractivity contribution in [2.75, 3.05) is 23.3 Å². The number of hydrogen-bond donors (Lipinski definition) is 1. The van der Waals surface area contributed by atoms with Gasteiger partial charge in [0.15, 0.2) is 10.9 Å². The topological polar surface area (TPSA) is 62.3 Å². The second kappa shape index (κ2) is 7.67. The van der Waals surface area contributed by atoms with Gasteiger partial charge in [0.25, 0.3) is 0 Å². The van der Waals surface area contributed by atoms with Crippen LogP contribution in [-0.2, 0) is 4.79 Å². The summed E-state index contributed by atoms with van der Waals surface area (Å²) in [5, 5.41) is 3.67. The Bertz CT molecular complexity index is 1050. The van der Waals surface area contributed by atoms with Crippen LogP contribution in [-0.4, -0.2) is 29.8 Å². The molecule has 1 unspecified atom stereocenters. The minimum absolute atomic E-state index is 0.0389. The zero-order valence-corrected chi connectivity index (χ0v) is 16.3. The van der Waals surface area contributed by atoms with Crippen LogP contribution < -0.4 is 10.2 Å². The van der Waals surface area contributed by atoms with Gasteiger partial charge in [-0.05, 0) is 44.0 Å². The zero-order valence-electron chi connectivity index (χ0n) is 15.4. The Hall–Kier alpha value is -2.80. The highest BCUT2D eigenvalue weighted by Gasteiger charge is 2.28. The summed E-state index contributed by atoms with van der Waals surface area (Å²) in [6, 6.07) is 11.9. The van der Waals surface area contributed by atoms with Crippen molar-refractivity contribution >= 4 is 44.1 Å². The first-order valence-electron chi connectivity index (χ1n) is 9.23. The standard InChI is InChI=1S/C21H20FN3O2S/c1-13(26)14-5-2-7-16(11-14)23-20(27)15-6-4-10-25(12-15)21-24-19-17(22)8-3-9-18(19)28-21/h2-3,5,7-9,11,15H,4,6,10,12H2,1H3,(H,23,27). The predicted molar refractivity (Wildman–Crippen MR) is 110 cm³/mol. The normalized spacial score (nSPS) is 16.9. The van der Waals surface area contributed by atoms with Gasteiger partial charge in [0.05, 0.1) is 10.6 Å². The van der Waals surface area contributed by atoms with Crippen molar-refractivity contribution < 1.29 is 14.0 Å². The first kappa shape index (κ1) is 18.6. The fourth-order valence-corrected chi connectivity index (χ4v) is 4.48. The Morgan fingerprint density at radius 2 is 2.07 bits per heavy atom. The Kier molecular flexibility index (Phi) is 5.09. The number of ketones is 1. The van der Waals surface area contributed by atoms with Crippen molar-refractivity contribution in [1.82, 2.24) is 4.98 Å². The number of anilines is 2. The largest absolute Gasteiger partial charge is 0.347 e. The van der Waals surface area contributed by atoms with Gasteiger partial charge in [-0.15, -0.1) is 0 Å². The lowest BCUT2D eigenvalue weighted by Crippen LogP contribution is -2.40. The van der Waals surface area contributed by atoms with Crippen molar-refractivity contribution in [3.05, 3.63) is 53.8 Å². The van der Waals surface area contributed by atoms with E-state index in [2.05, 4.69) is 15.2 Å². The highest BCUT2D eigenvalue weighted by molar-refractivity contribution is 7.22. The summed E-state index contributed by atoms with van der Waals surface area (Å²) in [4.78, 5) is 30.8. The van der Waals surface area contributed by atoms with E-state index in [4.69, 9.17) is 0 Å². The first-order chi connectivity index (χ1) is 13.5. The van der Waals surface area contributed by atoms with Gasteiger partial charge in [-0.25, -0.2) is 9.37 Å². The molecule has 3 aromatic rings. The van der Waals surface area contributed by atoms with Crippen molar-refractivity contribution in [1.29, 1.82) is 0 Å². The van der Waals surface area contributed by atoms with E-state index < -0.39 is 0 Å². The number of thiazole rings is 1. The van der Waals surface area contributed by atoms with Gasteiger partial charge in [-0.2, -0.15) is 0 Å². The van der Waals surface area contributed by atoms with Crippen molar-refractivity contribution in [3.8, 4) is 0 Å². The van der Waals surface area contributed by atoms with Crippen LogP contribution in [0.5, 0.6) is 0 Å².